The minimum atomic E-state index is 0. The normalized spacial score (nSPS) is 14.5. The predicted molar refractivity (Wildman–Crippen MR) is 523 cm³/mol. The van der Waals surface area contributed by atoms with Crippen molar-refractivity contribution in [2.75, 3.05) is 29.4 Å². The van der Waals surface area contributed by atoms with Crippen LogP contribution in [0.25, 0.3) is 100 Å². The van der Waals surface area contributed by atoms with Crippen LogP contribution in [0.4, 0.5) is 34.1 Å². The fraction of sp³-hybridized carbons (Fsp3) is 0.0381. The first kappa shape index (κ1) is 94.2. The van der Waals surface area contributed by atoms with E-state index in [2.05, 4.69) is 325 Å². The molecule has 27 rings (SSSR count). The van der Waals surface area contributed by atoms with Crippen molar-refractivity contribution in [2.45, 2.75) is 27.7 Å². The molecular formula is C105H67Ir6N13S6-12. The second-order valence-electron chi connectivity index (χ2n) is 30.3. The van der Waals surface area contributed by atoms with Crippen molar-refractivity contribution in [3.05, 3.63) is 425 Å². The minimum Gasteiger partial charge on any atom is -0.486 e. The van der Waals surface area contributed by atoms with Crippen molar-refractivity contribution in [2.24, 2.45) is 26.4 Å². The quantitative estimate of drug-likeness (QED) is 0.124. The van der Waals surface area contributed by atoms with Crippen molar-refractivity contribution < 1.29 is 121 Å². The van der Waals surface area contributed by atoms with Crippen LogP contribution >= 0.6 is 71.7 Å². The zero-order valence-corrected chi connectivity index (χ0v) is 88.3. The molecule has 0 amide bonds. The smallest absolute Gasteiger partial charge is 0.114 e. The third-order valence-electron chi connectivity index (χ3n) is 23.1. The van der Waals surface area contributed by atoms with Gasteiger partial charge in [0.15, 0.2) is 0 Å². The van der Waals surface area contributed by atoms with Gasteiger partial charge in [0.25, 0.3) is 0 Å². The molecule has 15 aromatic rings. The Balaban J connectivity index is 0.000000113. The summed E-state index contributed by atoms with van der Waals surface area (Å²) in [5.41, 5.74) is 40.8. The first-order chi connectivity index (χ1) is 61.2. The Bertz CT molecular complexity index is 6890. The van der Waals surface area contributed by atoms with E-state index >= 15 is 0 Å². The zero-order chi connectivity index (χ0) is 82.9. The van der Waals surface area contributed by atoms with E-state index in [1.54, 1.807) is 0 Å². The van der Waals surface area contributed by atoms with E-state index in [0.29, 0.717) is 0 Å². The van der Waals surface area contributed by atoms with Crippen molar-refractivity contribution in [3.63, 3.8) is 0 Å². The molecule has 0 atom stereocenters. The monoisotopic (exact) mass is 2860 g/mol. The Morgan fingerprint density at radius 2 is 0.523 bits per heavy atom. The summed E-state index contributed by atoms with van der Waals surface area (Å²) in [5, 5.41) is 0. The second-order valence-corrected chi connectivity index (χ2v) is 34.0. The number of hydrogen-bond acceptors (Lipinski definition) is 19. The van der Waals surface area contributed by atoms with Gasteiger partial charge in [0, 0.05) is 166 Å². The number of amidine groups is 6. The number of rotatable bonds is 3. The van der Waals surface area contributed by atoms with E-state index in [9.17, 15) is 0 Å². The molecule has 654 valence electrons. The average Bonchev–Trinajstić information content (AvgIpc) is 1.43. The molecule has 25 heteroatoms. The summed E-state index contributed by atoms with van der Waals surface area (Å²) < 4.78 is 27.4. The van der Waals surface area contributed by atoms with Crippen LogP contribution in [0.1, 0.15) is 55.6 Å². The van der Waals surface area contributed by atoms with Crippen LogP contribution in [0, 0.1) is 99.4 Å². The first-order valence-electron chi connectivity index (χ1n) is 40.2. The fourth-order valence-electron chi connectivity index (χ4n) is 17.1. The van der Waals surface area contributed by atoms with Gasteiger partial charge in [-0.1, -0.05) is 226 Å². The third-order valence-corrected chi connectivity index (χ3v) is 26.6. The molecule has 14 aromatic carbocycles. The Morgan fingerprint density at radius 3 is 0.954 bits per heavy atom. The van der Waals surface area contributed by atoms with Gasteiger partial charge in [-0.25, -0.2) is 26.4 Å². The number of benzene rings is 14. The molecule has 12 aliphatic heterocycles. The van der Waals surface area contributed by atoms with Gasteiger partial charge in [-0.2, -0.15) is 252 Å². The van der Waals surface area contributed by atoms with E-state index in [-0.39, 0.29) is 121 Å². The number of para-hydroxylation sites is 5. The van der Waals surface area contributed by atoms with Crippen LogP contribution in [-0.2, 0) is 121 Å². The van der Waals surface area contributed by atoms with Gasteiger partial charge in [-0.15, -0.1) is 33.4 Å². The summed E-state index contributed by atoms with van der Waals surface area (Å²) in [5.74, 6) is 18.3. The molecule has 0 unspecified atom stereocenters. The summed E-state index contributed by atoms with van der Waals surface area (Å²) in [6, 6.07) is 119. The number of hydrogen-bond donors (Lipinski definition) is 0. The van der Waals surface area contributed by atoms with Crippen LogP contribution in [0.2, 0.25) is 0 Å². The minimum absolute atomic E-state index is 0. The van der Waals surface area contributed by atoms with E-state index in [1.807, 2.05) is 133 Å². The van der Waals surface area contributed by atoms with Crippen LogP contribution < -0.4 is 29.4 Å². The van der Waals surface area contributed by atoms with Gasteiger partial charge < -0.3 is 29.4 Å². The maximum absolute atomic E-state index is 4.62. The molecule has 12 aliphatic rings. The van der Waals surface area contributed by atoms with E-state index in [0.717, 1.165) is 80.3 Å². The van der Waals surface area contributed by atoms with Gasteiger partial charge in [0.1, 0.15) is 35.0 Å². The zero-order valence-electron chi connectivity index (χ0n) is 69.0. The van der Waals surface area contributed by atoms with Gasteiger partial charge >= 0.3 is 0 Å². The summed E-state index contributed by atoms with van der Waals surface area (Å²) >= 11 is 8.87. The van der Waals surface area contributed by atoms with Crippen LogP contribution in [-0.4, -0.2) is 40.0 Å². The molecule has 0 fully saturated rings. The molecule has 1 aromatic heterocycles. The topological polar surface area (TPSA) is 106 Å². The van der Waals surface area contributed by atoms with Gasteiger partial charge in [0.2, 0.25) is 0 Å². The van der Waals surface area contributed by atoms with E-state index in [1.165, 1.54) is 216 Å². The fourth-order valence-corrected chi connectivity index (χ4v) is 20.9. The number of aryl methyl sites for hydroxylation is 4. The Kier molecular flexibility index (Phi) is 29.9. The number of fused-ring (bicyclic) bond motifs is 36. The van der Waals surface area contributed by atoms with Gasteiger partial charge in [-0.3, -0.25) is 4.98 Å². The largest absolute Gasteiger partial charge is 0.486 e. The number of anilines is 6. The van der Waals surface area contributed by atoms with Gasteiger partial charge in [-0.05, 0) is 101 Å². The maximum Gasteiger partial charge on any atom is 0.114 e. The average molecular weight is 2860 g/mol. The molecule has 0 N–H and O–H groups in total. The van der Waals surface area contributed by atoms with Gasteiger partial charge in [0.05, 0.1) is 0 Å². The van der Waals surface area contributed by atoms with Crippen LogP contribution in [0.5, 0.6) is 0 Å². The molecule has 130 heavy (non-hydrogen) atoms. The van der Waals surface area contributed by atoms with Crippen LogP contribution in [0.3, 0.4) is 0 Å². The predicted octanol–water partition coefficient (Wildman–Crippen LogP) is 26.6. The van der Waals surface area contributed by atoms with Crippen molar-refractivity contribution in [1.29, 1.82) is 0 Å². The first-order valence-corrected chi connectivity index (χ1v) is 45.2. The third kappa shape index (κ3) is 17.6. The standard InChI is InChI=1S/2C20H12N2S.C19H11N3S.2C16H12N2S.C14H8N2S.6Ir/c1-2-6-14(7-3-1)15-10-11-16-17-8-4-5-9-19(17)22-13-23-21-20(22)18(16)12-15;1-2-6-14(7-3-1)15-10-11-17-18(12-15)16-8-4-5-9-19(16)22-13-23-21-20(17)22;1-2-4-18-16(3-1)15-6-5-14(13-7-9-20-10-8-13)11-17(15)19-21-23-12-22(18)19;1-10-6-7-14-13(8-10)12-5-3-4-11(2)15(12)16-17-19-9-18(14)16;1-10-7-13-12-5-3-4-6-15(12)18-9-19-17-16(18)14(13)8-11(10)2;1-2-7-12-10(5-1)11-6-3-4-8-13(11)16-9-17-15-14(12)16;;;;;;/h2*1-8,10-13H;1-3,5-12H;3-6,8-9H,1-2H3;3-5,7-9H,1-2H3;1-7,9H;;;;;;/q6*-2;;;;;;. The number of pyridine rings is 1. The second kappa shape index (κ2) is 41.3. The molecule has 13 heterocycles. The Labute approximate surface area is 865 Å². The van der Waals surface area contributed by atoms with Crippen molar-refractivity contribution >= 4 is 141 Å². The van der Waals surface area contributed by atoms with Crippen LogP contribution in [0.15, 0.2) is 324 Å². The van der Waals surface area contributed by atoms with E-state index < -0.39 is 0 Å². The Hall–Kier alpha value is -8.95. The van der Waals surface area contributed by atoms with Crippen molar-refractivity contribution in [3.8, 4) is 100 Å². The SMILES string of the molecule is Cc1c[c-]c2c(c1)-c1cccc(C)c1C1=NS[CH-]N12.Cc1cc2c(cc1C)-c1ccc[c-]c1N1[CH-]SN=C21.[Ir].[Ir].[Ir].[Ir].[Ir].[Ir].[c-]1cccc2c1N1[CH-]SN=C1c1cc(-c3ccccc3)ccc1-2.[c-]1cccc2c1N1[CH-]SN=C1c1cc(-c3ccncc3)ccc1-2.[c-]1cccc2c1N1[CH-]SN=C1c1ccc(-c3ccccc3)cc1-2.[c-]1cccc2c1N1[CH-]SN=C1c1ccccc1-2. The molecule has 0 spiro atoms. The molecule has 0 aliphatic carbocycles. The van der Waals surface area contributed by atoms with E-state index in [4.69, 9.17) is 0 Å². The summed E-state index contributed by atoms with van der Waals surface area (Å²) in [6.07, 6.45) is 3.64. The van der Waals surface area contributed by atoms with Crippen molar-refractivity contribution in [1.82, 2.24) is 4.98 Å². The maximum atomic E-state index is 4.62. The summed E-state index contributed by atoms with van der Waals surface area (Å²) in [6.45, 7) is 8.57. The molecular weight excluding hydrogens is 2790 g/mol. The number of aromatic nitrogens is 1. The molecule has 6 radical (unpaired) electrons. The molecule has 13 nitrogen and oxygen atoms in total. The molecule has 0 saturated carbocycles. The summed E-state index contributed by atoms with van der Waals surface area (Å²) in [7, 11) is 0. The Morgan fingerprint density at radius 1 is 0.223 bits per heavy atom. The molecule has 0 bridgehead atoms. The molecule has 0 saturated heterocycles. The summed E-state index contributed by atoms with van der Waals surface area (Å²) in [4.78, 5) is 16.9. The number of nitrogens with zero attached hydrogens (tertiary/aromatic N) is 13.